The molecular weight excluding hydrogens is 248 g/mol. The molecule has 100 valence electrons. The highest BCUT2D eigenvalue weighted by Crippen LogP contribution is 2.19. The van der Waals surface area contributed by atoms with Crippen LogP contribution in [0.1, 0.15) is 45.7 Å². The number of carbonyl (C=O) groups excluding carboxylic acids is 1. The van der Waals surface area contributed by atoms with Gasteiger partial charge in [-0.3, -0.25) is 0 Å². The average Bonchev–Trinajstić information content (AvgIpc) is 2.25. The summed E-state index contributed by atoms with van der Waals surface area (Å²) < 4.78 is 0. The Kier molecular flexibility index (Phi) is 5.03. The third kappa shape index (κ3) is 4.96. The monoisotopic (exact) mass is 268 g/mol. The van der Waals surface area contributed by atoms with E-state index < -0.39 is 0 Å². The number of nitrogens with one attached hydrogen (secondary N) is 2. The Hall–Kier alpha value is -1.22. The SMILES string of the molecule is CCC(NC(=O)NC(C)(C)C)c1ccc(Cl)cc1. The fraction of sp³-hybridized carbons (Fsp3) is 0.500. The molecule has 0 aliphatic rings. The molecule has 0 heterocycles. The van der Waals surface area contributed by atoms with E-state index in [0.29, 0.717) is 5.02 Å². The Morgan fingerprint density at radius 1 is 1.28 bits per heavy atom. The molecule has 0 spiro atoms. The maximum absolute atomic E-state index is 11.8. The zero-order valence-corrected chi connectivity index (χ0v) is 12.1. The molecule has 0 saturated heterocycles. The number of rotatable bonds is 3. The van der Waals surface area contributed by atoms with Crippen molar-refractivity contribution in [3.05, 3.63) is 34.9 Å². The van der Waals surface area contributed by atoms with Crippen LogP contribution in [0.2, 0.25) is 5.02 Å². The predicted octanol–water partition coefficient (Wildman–Crippen LogP) is 3.89. The lowest BCUT2D eigenvalue weighted by Crippen LogP contribution is -2.47. The first-order chi connectivity index (χ1) is 8.31. The van der Waals surface area contributed by atoms with Crippen molar-refractivity contribution >= 4 is 17.6 Å². The number of benzene rings is 1. The van der Waals surface area contributed by atoms with Gasteiger partial charge >= 0.3 is 6.03 Å². The number of hydrogen-bond acceptors (Lipinski definition) is 1. The van der Waals surface area contributed by atoms with Crippen LogP contribution < -0.4 is 10.6 Å². The molecule has 1 rings (SSSR count). The van der Waals surface area contributed by atoms with Crippen LogP contribution in [-0.2, 0) is 0 Å². The topological polar surface area (TPSA) is 41.1 Å². The van der Waals surface area contributed by atoms with Crippen LogP contribution in [-0.4, -0.2) is 11.6 Å². The van der Waals surface area contributed by atoms with Crippen molar-refractivity contribution in [2.45, 2.75) is 45.7 Å². The van der Waals surface area contributed by atoms with Crippen LogP contribution in [0.25, 0.3) is 0 Å². The summed E-state index contributed by atoms with van der Waals surface area (Å²) >= 11 is 5.85. The van der Waals surface area contributed by atoms with Crippen LogP contribution in [0.4, 0.5) is 4.79 Å². The molecule has 0 radical (unpaired) electrons. The minimum atomic E-state index is -0.234. The standard InChI is InChI=1S/C14H21ClN2O/c1-5-12(10-6-8-11(15)9-7-10)16-13(18)17-14(2,3)4/h6-9,12H,5H2,1-4H3,(H2,16,17,18). The van der Waals surface area contributed by atoms with Gasteiger partial charge in [-0.2, -0.15) is 0 Å². The second kappa shape index (κ2) is 6.10. The first-order valence-corrected chi connectivity index (χ1v) is 6.54. The number of halogens is 1. The molecule has 2 N–H and O–H groups in total. The largest absolute Gasteiger partial charge is 0.334 e. The molecule has 3 nitrogen and oxygen atoms in total. The third-order valence-electron chi connectivity index (χ3n) is 2.47. The van der Waals surface area contributed by atoms with Gasteiger partial charge in [0.05, 0.1) is 6.04 Å². The maximum atomic E-state index is 11.8. The quantitative estimate of drug-likeness (QED) is 0.858. The second-order valence-electron chi connectivity index (χ2n) is 5.36. The lowest BCUT2D eigenvalue weighted by molar-refractivity contribution is 0.228. The highest BCUT2D eigenvalue weighted by molar-refractivity contribution is 6.30. The molecule has 4 heteroatoms. The van der Waals surface area contributed by atoms with E-state index in [2.05, 4.69) is 10.6 Å². The van der Waals surface area contributed by atoms with Gasteiger partial charge in [0.15, 0.2) is 0 Å². The van der Waals surface area contributed by atoms with Gasteiger partial charge in [-0.05, 0) is 44.9 Å². The highest BCUT2D eigenvalue weighted by Gasteiger charge is 2.17. The molecule has 0 aromatic heterocycles. The van der Waals surface area contributed by atoms with Crippen molar-refractivity contribution in [3.8, 4) is 0 Å². The Balaban J connectivity index is 2.68. The zero-order chi connectivity index (χ0) is 13.8. The van der Waals surface area contributed by atoms with Crippen LogP contribution in [0.3, 0.4) is 0 Å². The molecule has 1 unspecified atom stereocenters. The first kappa shape index (κ1) is 14.8. The lowest BCUT2D eigenvalue weighted by Gasteiger charge is -2.24. The summed E-state index contributed by atoms with van der Waals surface area (Å²) in [6.07, 6.45) is 0.833. The minimum Gasteiger partial charge on any atom is -0.334 e. The predicted molar refractivity (Wildman–Crippen MR) is 75.9 cm³/mol. The van der Waals surface area contributed by atoms with Crippen LogP contribution >= 0.6 is 11.6 Å². The van der Waals surface area contributed by atoms with E-state index in [1.807, 2.05) is 52.0 Å². The Labute approximate surface area is 114 Å². The second-order valence-corrected chi connectivity index (χ2v) is 5.80. The van der Waals surface area contributed by atoms with Gasteiger partial charge in [-0.15, -0.1) is 0 Å². The Morgan fingerprint density at radius 3 is 2.28 bits per heavy atom. The third-order valence-corrected chi connectivity index (χ3v) is 2.73. The van der Waals surface area contributed by atoms with Crippen molar-refractivity contribution in [1.29, 1.82) is 0 Å². The molecular formula is C14H21ClN2O. The Morgan fingerprint density at radius 2 is 1.83 bits per heavy atom. The van der Waals surface area contributed by atoms with Crippen molar-refractivity contribution in [1.82, 2.24) is 10.6 Å². The molecule has 1 aromatic rings. The summed E-state index contributed by atoms with van der Waals surface area (Å²) in [5, 5.41) is 6.56. The summed E-state index contributed by atoms with van der Waals surface area (Å²) in [5.74, 6) is 0. The van der Waals surface area contributed by atoms with Crippen molar-refractivity contribution in [3.63, 3.8) is 0 Å². The number of amides is 2. The average molecular weight is 269 g/mol. The van der Waals surface area contributed by atoms with Gasteiger partial charge in [0.1, 0.15) is 0 Å². The molecule has 0 bridgehead atoms. The molecule has 1 aromatic carbocycles. The molecule has 0 aliphatic heterocycles. The molecule has 0 saturated carbocycles. The summed E-state index contributed by atoms with van der Waals surface area (Å²) in [6.45, 7) is 7.90. The van der Waals surface area contributed by atoms with Gasteiger partial charge in [-0.25, -0.2) is 4.79 Å². The van der Waals surface area contributed by atoms with Crippen molar-refractivity contribution in [2.75, 3.05) is 0 Å². The summed E-state index contributed by atoms with van der Waals surface area (Å²) in [4.78, 5) is 11.8. The first-order valence-electron chi connectivity index (χ1n) is 6.16. The van der Waals surface area contributed by atoms with E-state index >= 15 is 0 Å². The zero-order valence-electron chi connectivity index (χ0n) is 11.4. The summed E-state index contributed by atoms with van der Waals surface area (Å²) in [5.41, 5.74) is 0.827. The van der Waals surface area contributed by atoms with E-state index in [0.717, 1.165) is 12.0 Å². The fourth-order valence-corrected chi connectivity index (χ4v) is 1.78. The number of carbonyl (C=O) groups is 1. The summed E-state index contributed by atoms with van der Waals surface area (Å²) in [7, 11) is 0. The van der Waals surface area contributed by atoms with E-state index in [-0.39, 0.29) is 17.6 Å². The molecule has 18 heavy (non-hydrogen) atoms. The van der Waals surface area contributed by atoms with Crippen molar-refractivity contribution < 1.29 is 4.79 Å². The maximum Gasteiger partial charge on any atom is 0.315 e. The van der Waals surface area contributed by atoms with Gasteiger partial charge in [0.2, 0.25) is 0 Å². The van der Waals surface area contributed by atoms with E-state index in [4.69, 9.17) is 11.6 Å². The molecule has 0 aliphatic carbocycles. The van der Waals surface area contributed by atoms with Gasteiger partial charge in [-0.1, -0.05) is 30.7 Å². The van der Waals surface area contributed by atoms with Crippen LogP contribution in [0.5, 0.6) is 0 Å². The minimum absolute atomic E-state index is 0.00427. The van der Waals surface area contributed by atoms with Gasteiger partial charge in [0.25, 0.3) is 0 Å². The normalized spacial score (nSPS) is 12.9. The van der Waals surface area contributed by atoms with E-state index in [1.54, 1.807) is 0 Å². The van der Waals surface area contributed by atoms with Gasteiger partial charge < -0.3 is 10.6 Å². The Bertz CT molecular complexity index is 395. The number of hydrogen-bond donors (Lipinski definition) is 2. The molecule has 0 fully saturated rings. The van der Waals surface area contributed by atoms with E-state index in [1.165, 1.54) is 0 Å². The highest BCUT2D eigenvalue weighted by atomic mass is 35.5. The van der Waals surface area contributed by atoms with Crippen LogP contribution in [0.15, 0.2) is 24.3 Å². The van der Waals surface area contributed by atoms with Crippen LogP contribution in [0, 0.1) is 0 Å². The summed E-state index contributed by atoms with van der Waals surface area (Å²) in [6, 6.07) is 7.40. The number of urea groups is 1. The molecule has 1 atom stereocenters. The fourth-order valence-electron chi connectivity index (χ4n) is 1.65. The molecule has 2 amide bonds. The van der Waals surface area contributed by atoms with Gasteiger partial charge in [0, 0.05) is 10.6 Å². The van der Waals surface area contributed by atoms with Crippen molar-refractivity contribution in [2.24, 2.45) is 0 Å². The lowest BCUT2D eigenvalue weighted by atomic mass is 10.0. The smallest absolute Gasteiger partial charge is 0.315 e. The van der Waals surface area contributed by atoms with E-state index in [9.17, 15) is 4.79 Å².